The van der Waals surface area contributed by atoms with E-state index < -0.39 is 40.2 Å². The quantitative estimate of drug-likeness (QED) is 0.388. The summed E-state index contributed by atoms with van der Waals surface area (Å²) in [5.41, 5.74) is 1.90. The van der Waals surface area contributed by atoms with Gasteiger partial charge in [-0.15, -0.1) is 0 Å². The molecule has 3 saturated heterocycles. The molecule has 6 nitrogen and oxygen atoms in total. The third-order valence-electron chi connectivity index (χ3n) is 6.46. The average molecular weight is 550 g/mol. The maximum atomic E-state index is 6.95. The SMILES string of the molecule is ClC1(c2ccccc2)OC[C@H]2OC(Cl)(c3ccccc3)OC[C@@H]3OC(Cl)(c4ccccc4)O[C@@H]3[C@H]2O1. The zero-order chi connectivity index (χ0) is 24.8. The van der Waals surface area contributed by atoms with Gasteiger partial charge in [-0.25, -0.2) is 0 Å². The molecule has 3 heterocycles. The number of fused-ring (bicyclic) bond motifs is 3. The molecule has 36 heavy (non-hydrogen) atoms. The third-order valence-corrected chi connectivity index (χ3v) is 7.69. The maximum Gasteiger partial charge on any atom is 0.277 e. The van der Waals surface area contributed by atoms with E-state index in [0.29, 0.717) is 16.7 Å². The van der Waals surface area contributed by atoms with Crippen LogP contribution in [0.2, 0.25) is 0 Å². The van der Waals surface area contributed by atoms with Crippen molar-refractivity contribution in [1.82, 2.24) is 0 Å². The van der Waals surface area contributed by atoms with Gasteiger partial charge in [0.25, 0.3) is 15.7 Å². The first-order valence-electron chi connectivity index (χ1n) is 11.6. The van der Waals surface area contributed by atoms with Crippen LogP contribution in [0.1, 0.15) is 16.7 Å². The lowest BCUT2D eigenvalue weighted by Crippen LogP contribution is -2.59. The fourth-order valence-electron chi connectivity index (χ4n) is 4.67. The van der Waals surface area contributed by atoms with E-state index in [-0.39, 0.29) is 13.2 Å². The largest absolute Gasteiger partial charge is 0.331 e. The van der Waals surface area contributed by atoms with Crippen LogP contribution < -0.4 is 0 Å². The zero-order valence-corrected chi connectivity index (χ0v) is 21.2. The highest BCUT2D eigenvalue weighted by atomic mass is 35.5. The Kier molecular flexibility index (Phi) is 6.53. The molecule has 0 aromatic heterocycles. The van der Waals surface area contributed by atoms with E-state index in [1.807, 2.05) is 91.0 Å². The summed E-state index contributed by atoms with van der Waals surface area (Å²) in [7, 11) is 0. The molecule has 3 aliphatic heterocycles. The van der Waals surface area contributed by atoms with Crippen molar-refractivity contribution >= 4 is 34.8 Å². The van der Waals surface area contributed by atoms with Gasteiger partial charge >= 0.3 is 0 Å². The van der Waals surface area contributed by atoms with Gasteiger partial charge in [0, 0.05) is 16.7 Å². The number of alkyl halides is 3. The van der Waals surface area contributed by atoms with Gasteiger partial charge in [-0.1, -0.05) is 126 Å². The molecular formula is C27H23Cl3O6. The van der Waals surface area contributed by atoms with E-state index in [0.717, 1.165) is 0 Å². The van der Waals surface area contributed by atoms with Crippen molar-refractivity contribution in [2.75, 3.05) is 13.2 Å². The summed E-state index contributed by atoms with van der Waals surface area (Å²) in [5.74, 6) is 0. The Balaban J connectivity index is 1.38. The topological polar surface area (TPSA) is 55.4 Å². The summed E-state index contributed by atoms with van der Waals surface area (Å²) in [5, 5.41) is -4.74. The van der Waals surface area contributed by atoms with E-state index in [9.17, 15) is 0 Å². The molecule has 3 aliphatic rings. The highest BCUT2D eigenvalue weighted by molar-refractivity contribution is 6.22. The number of benzene rings is 3. The molecule has 0 radical (unpaired) electrons. The van der Waals surface area contributed by atoms with Gasteiger partial charge in [0.1, 0.15) is 24.4 Å². The summed E-state index contributed by atoms with van der Waals surface area (Å²) < 4.78 is 37.5. The molecule has 0 aliphatic carbocycles. The van der Waals surface area contributed by atoms with Gasteiger partial charge in [0.2, 0.25) is 0 Å². The lowest BCUT2D eigenvalue weighted by Gasteiger charge is -2.47. The Morgan fingerprint density at radius 3 is 1.25 bits per heavy atom. The molecule has 9 heteroatoms. The minimum atomic E-state index is -1.62. The molecule has 188 valence electrons. The number of hydrogen-bond donors (Lipinski definition) is 0. The van der Waals surface area contributed by atoms with Crippen LogP contribution in [-0.4, -0.2) is 37.6 Å². The molecule has 0 bridgehead atoms. The molecule has 3 aromatic rings. The van der Waals surface area contributed by atoms with Crippen molar-refractivity contribution in [3.8, 4) is 0 Å². The Labute approximate surface area is 223 Å². The van der Waals surface area contributed by atoms with Gasteiger partial charge < -0.3 is 28.4 Å². The lowest BCUT2D eigenvalue weighted by atomic mass is 10.0. The minimum absolute atomic E-state index is 0.0262. The molecule has 6 rings (SSSR count). The normalized spacial score (nSPS) is 38.4. The number of ether oxygens (including phenoxy) is 6. The van der Waals surface area contributed by atoms with Crippen molar-refractivity contribution < 1.29 is 28.4 Å². The van der Waals surface area contributed by atoms with Gasteiger partial charge in [-0.2, -0.15) is 0 Å². The second-order valence-electron chi connectivity index (χ2n) is 8.81. The molecule has 0 saturated carbocycles. The monoisotopic (exact) mass is 548 g/mol. The van der Waals surface area contributed by atoms with E-state index in [1.165, 1.54) is 0 Å². The van der Waals surface area contributed by atoms with Crippen LogP contribution in [0.15, 0.2) is 91.0 Å². The van der Waals surface area contributed by atoms with Gasteiger partial charge in [-0.3, -0.25) is 0 Å². The molecule has 0 N–H and O–H groups in total. The molecule has 7 atom stereocenters. The Hall–Kier alpha value is -1.71. The van der Waals surface area contributed by atoms with Crippen LogP contribution in [0.5, 0.6) is 0 Å². The summed E-state index contributed by atoms with van der Waals surface area (Å²) in [4.78, 5) is 0. The summed E-state index contributed by atoms with van der Waals surface area (Å²) >= 11 is 20.7. The van der Waals surface area contributed by atoms with E-state index in [4.69, 9.17) is 63.2 Å². The molecular weight excluding hydrogens is 527 g/mol. The van der Waals surface area contributed by atoms with E-state index in [1.54, 1.807) is 0 Å². The van der Waals surface area contributed by atoms with Gasteiger partial charge in [-0.05, 0) is 0 Å². The summed E-state index contributed by atoms with van der Waals surface area (Å²) in [6.45, 7) is 0.0827. The van der Waals surface area contributed by atoms with Crippen LogP contribution in [0.4, 0.5) is 0 Å². The van der Waals surface area contributed by atoms with Crippen LogP contribution in [0.25, 0.3) is 0 Å². The minimum Gasteiger partial charge on any atom is -0.331 e. The van der Waals surface area contributed by atoms with Gasteiger partial charge in [0.15, 0.2) is 0 Å². The van der Waals surface area contributed by atoms with E-state index >= 15 is 0 Å². The van der Waals surface area contributed by atoms with Crippen molar-refractivity contribution in [1.29, 1.82) is 0 Å². The van der Waals surface area contributed by atoms with E-state index in [2.05, 4.69) is 0 Å². The highest BCUT2D eigenvalue weighted by Crippen LogP contribution is 2.49. The highest BCUT2D eigenvalue weighted by Gasteiger charge is 2.59. The first-order valence-corrected chi connectivity index (χ1v) is 12.7. The predicted octanol–water partition coefficient (Wildman–Crippen LogP) is 5.75. The third kappa shape index (κ3) is 4.45. The van der Waals surface area contributed by atoms with Crippen LogP contribution in [0.3, 0.4) is 0 Å². The summed E-state index contributed by atoms with van der Waals surface area (Å²) in [6, 6.07) is 27.8. The van der Waals surface area contributed by atoms with Crippen molar-refractivity contribution in [3.63, 3.8) is 0 Å². The molecule has 0 amide bonds. The molecule has 0 spiro atoms. The smallest absolute Gasteiger partial charge is 0.277 e. The zero-order valence-electron chi connectivity index (χ0n) is 19.0. The van der Waals surface area contributed by atoms with Crippen molar-refractivity contribution in [3.05, 3.63) is 108 Å². The Morgan fingerprint density at radius 2 is 0.806 bits per heavy atom. The van der Waals surface area contributed by atoms with Crippen molar-refractivity contribution in [2.24, 2.45) is 0 Å². The van der Waals surface area contributed by atoms with Crippen LogP contribution in [-0.2, 0) is 44.2 Å². The number of hydrogen-bond acceptors (Lipinski definition) is 6. The van der Waals surface area contributed by atoms with Crippen molar-refractivity contribution in [2.45, 2.75) is 40.2 Å². The average Bonchev–Trinajstić information content (AvgIpc) is 3.27. The number of halogens is 3. The fourth-order valence-corrected chi connectivity index (χ4v) is 5.60. The standard InChI is InChI=1S/C27H23Cl3O6/c28-25(18-10-4-1-5-11-18)31-17-22-24(36-27(30,34-22)20-14-8-3-9-15-20)23-21(33-25)16-32-26(29,35-23)19-12-6-2-7-13-19/h1-15,21-24H,16-17H2/t21-,22+,23+,24+,25?,26?,27?/m1/s1. The molecule has 3 fully saturated rings. The second kappa shape index (κ2) is 9.55. The second-order valence-corrected chi connectivity index (χ2v) is 10.3. The fraction of sp³-hybridized carbons (Fsp3) is 0.333. The maximum absolute atomic E-state index is 6.95. The Morgan fingerprint density at radius 1 is 0.472 bits per heavy atom. The number of rotatable bonds is 3. The first kappa shape index (κ1) is 24.6. The first-order chi connectivity index (χ1) is 17.4. The van der Waals surface area contributed by atoms with Gasteiger partial charge in [0.05, 0.1) is 13.2 Å². The molecule has 3 aromatic carbocycles. The lowest BCUT2D eigenvalue weighted by molar-refractivity contribution is -0.351. The summed E-state index contributed by atoms with van der Waals surface area (Å²) in [6.07, 6.45) is -2.81. The molecule has 3 unspecified atom stereocenters. The van der Waals surface area contributed by atoms with Crippen LogP contribution in [0, 0.1) is 0 Å². The predicted molar refractivity (Wildman–Crippen MR) is 133 cm³/mol. The Bertz CT molecular complexity index is 1150. The van der Waals surface area contributed by atoms with Crippen LogP contribution >= 0.6 is 34.8 Å².